The number of rotatable bonds is 10. The number of aliphatic imine (C=N–C) groups is 1. The summed E-state index contributed by atoms with van der Waals surface area (Å²) in [5.74, 6) is 1.70. The van der Waals surface area contributed by atoms with Crippen LogP contribution in [0.25, 0.3) is 0 Å². The van der Waals surface area contributed by atoms with Crippen molar-refractivity contribution in [3.8, 4) is 5.75 Å². The second-order valence-corrected chi connectivity index (χ2v) is 8.29. The highest BCUT2D eigenvalue weighted by Crippen LogP contribution is 2.18. The smallest absolute Gasteiger partial charge is 0.191 e. The van der Waals surface area contributed by atoms with Gasteiger partial charge in [0.25, 0.3) is 0 Å². The lowest BCUT2D eigenvalue weighted by molar-refractivity contribution is 0.0322. The van der Waals surface area contributed by atoms with Crippen molar-refractivity contribution in [1.29, 1.82) is 0 Å². The van der Waals surface area contributed by atoms with Crippen LogP contribution >= 0.6 is 11.3 Å². The van der Waals surface area contributed by atoms with Crippen molar-refractivity contribution >= 4 is 17.3 Å². The number of benzene rings is 1. The molecular weight excluding hydrogens is 398 g/mol. The van der Waals surface area contributed by atoms with Crippen LogP contribution in [-0.2, 0) is 24.1 Å². The minimum atomic E-state index is 0.657. The van der Waals surface area contributed by atoms with E-state index < -0.39 is 0 Å². The number of thiazole rings is 1. The second-order valence-electron chi connectivity index (χ2n) is 7.09. The molecule has 0 radical (unpaired) electrons. The van der Waals surface area contributed by atoms with Crippen LogP contribution in [0.4, 0.5) is 0 Å². The summed E-state index contributed by atoms with van der Waals surface area (Å²) in [4.78, 5) is 12.5. The Morgan fingerprint density at radius 1 is 1.27 bits per heavy atom. The molecule has 2 aromatic rings. The van der Waals surface area contributed by atoms with Gasteiger partial charge in [-0.05, 0) is 12.5 Å². The Kier molecular flexibility index (Phi) is 9.40. The first kappa shape index (κ1) is 22.5. The van der Waals surface area contributed by atoms with E-state index in [9.17, 15) is 0 Å². The number of aromatic nitrogens is 1. The number of aryl methyl sites for hydroxylation is 1. The minimum absolute atomic E-state index is 0.657. The van der Waals surface area contributed by atoms with Gasteiger partial charge in [-0.15, -0.1) is 11.3 Å². The third kappa shape index (κ3) is 7.27. The summed E-state index contributed by atoms with van der Waals surface area (Å²) in [7, 11) is 1.79. The van der Waals surface area contributed by atoms with Crippen LogP contribution in [0.2, 0.25) is 0 Å². The van der Waals surface area contributed by atoms with Gasteiger partial charge >= 0.3 is 0 Å². The van der Waals surface area contributed by atoms with E-state index in [2.05, 4.69) is 38.5 Å². The largest absolute Gasteiger partial charge is 0.492 e. The van der Waals surface area contributed by atoms with E-state index in [4.69, 9.17) is 9.47 Å². The molecule has 8 heteroatoms. The van der Waals surface area contributed by atoms with Crippen LogP contribution in [0, 0.1) is 0 Å². The average Bonchev–Trinajstić information content (AvgIpc) is 3.25. The van der Waals surface area contributed by atoms with Crippen LogP contribution < -0.4 is 15.4 Å². The van der Waals surface area contributed by atoms with Gasteiger partial charge in [0.05, 0.1) is 18.2 Å². The Morgan fingerprint density at radius 3 is 2.87 bits per heavy atom. The lowest BCUT2D eigenvalue weighted by atomic mass is 10.2. The zero-order chi connectivity index (χ0) is 21.0. The first-order chi connectivity index (χ1) is 14.8. The topological polar surface area (TPSA) is 71.0 Å². The fourth-order valence-electron chi connectivity index (χ4n) is 3.21. The number of nitrogens with zero attached hydrogens (tertiary/aromatic N) is 3. The van der Waals surface area contributed by atoms with E-state index in [1.54, 1.807) is 18.4 Å². The third-order valence-corrected chi connectivity index (χ3v) is 6.19. The summed E-state index contributed by atoms with van der Waals surface area (Å²) in [5, 5.41) is 7.91. The van der Waals surface area contributed by atoms with Crippen molar-refractivity contribution in [2.24, 2.45) is 4.99 Å². The fraction of sp³-hybridized carbons (Fsp3) is 0.545. The first-order valence-electron chi connectivity index (χ1n) is 10.7. The van der Waals surface area contributed by atoms with Crippen molar-refractivity contribution in [1.82, 2.24) is 20.5 Å². The highest BCUT2D eigenvalue weighted by molar-refractivity contribution is 7.11. The van der Waals surface area contributed by atoms with E-state index in [0.717, 1.165) is 74.5 Å². The van der Waals surface area contributed by atoms with E-state index in [-0.39, 0.29) is 0 Å². The van der Waals surface area contributed by atoms with Crippen LogP contribution in [0.5, 0.6) is 5.75 Å². The van der Waals surface area contributed by atoms with Crippen LogP contribution in [0.3, 0.4) is 0 Å². The van der Waals surface area contributed by atoms with Crippen molar-refractivity contribution in [2.75, 3.05) is 53.0 Å². The van der Waals surface area contributed by atoms with Crippen LogP contribution in [-0.4, -0.2) is 68.9 Å². The van der Waals surface area contributed by atoms with Gasteiger partial charge in [-0.2, -0.15) is 0 Å². The maximum absolute atomic E-state index is 6.07. The summed E-state index contributed by atoms with van der Waals surface area (Å²) >= 11 is 1.78. The maximum atomic E-state index is 6.07. The van der Waals surface area contributed by atoms with Gasteiger partial charge in [-0.25, -0.2) is 4.98 Å². The second kappa shape index (κ2) is 12.5. The standard InChI is InChI=1S/C22H33N5O2S/c1-3-19-17-25-21(30-19)8-9-24-22(23-2)26-16-18-6-4-5-7-20(18)29-15-12-27-10-13-28-14-11-27/h4-7,17H,3,8-16H2,1-2H3,(H2,23,24,26). The zero-order valence-corrected chi connectivity index (χ0v) is 18.8. The van der Waals surface area contributed by atoms with Crippen LogP contribution in [0.15, 0.2) is 35.5 Å². The number of nitrogens with one attached hydrogen (secondary N) is 2. The summed E-state index contributed by atoms with van der Waals surface area (Å²) in [6.07, 6.45) is 3.91. The van der Waals surface area contributed by atoms with E-state index in [1.807, 2.05) is 24.4 Å². The molecule has 30 heavy (non-hydrogen) atoms. The monoisotopic (exact) mass is 431 g/mol. The lowest BCUT2D eigenvalue weighted by Gasteiger charge is -2.26. The maximum Gasteiger partial charge on any atom is 0.191 e. The molecule has 0 saturated carbocycles. The van der Waals surface area contributed by atoms with Crippen molar-refractivity contribution in [2.45, 2.75) is 26.3 Å². The molecule has 0 unspecified atom stereocenters. The average molecular weight is 432 g/mol. The summed E-state index contributed by atoms with van der Waals surface area (Å²) in [6.45, 7) is 8.81. The number of guanidine groups is 1. The zero-order valence-electron chi connectivity index (χ0n) is 18.0. The predicted molar refractivity (Wildman–Crippen MR) is 123 cm³/mol. The highest BCUT2D eigenvalue weighted by Gasteiger charge is 2.11. The molecule has 3 rings (SSSR count). The summed E-state index contributed by atoms with van der Waals surface area (Å²) in [5.41, 5.74) is 1.12. The molecule has 2 heterocycles. The lowest BCUT2D eigenvalue weighted by Crippen LogP contribution is -2.39. The molecule has 0 amide bonds. The molecule has 0 spiro atoms. The number of hydrogen-bond acceptors (Lipinski definition) is 6. The van der Waals surface area contributed by atoms with Gasteiger partial charge in [-0.3, -0.25) is 9.89 Å². The Balaban J connectivity index is 1.42. The quantitative estimate of drug-likeness (QED) is 0.444. The molecule has 1 aromatic heterocycles. The minimum Gasteiger partial charge on any atom is -0.492 e. The van der Waals surface area contributed by atoms with Gasteiger partial charge < -0.3 is 20.1 Å². The number of ether oxygens (including phenoxy) is 2. The molecule has 164 valence electrons. The summed E-state index contributed by atoms with van der Waals surface area (Å²) in [6, 6.07) is 8.17. The molecule has 7 nitrogen and oxygen atoms in total. The third-order valence-electron chi connectivity index (χ3n) is 4.99. The van der Waals surface area contributed by atoms with Crippen molar-refractivity contribution in [3.63, 3.8) is 0 Å². The van der Waals surface area contributed by atoms with Gasteiger partial charge in [0.15, 0.2) is 5.96 Å². The molecule has 0 aliphatic carbocycles. The van der Waals surface area contributed by atoms with Gasteiger partial charge in [-0.1, -0.05) is 25.1 Å². The van der Waals surface area contributed by atoms with E-state index >= 15 is 0 Å². The molecule has 0 bridgehead atoms. The number of hydrogen-bond donors (Lipinski definition) is 2. The molecule has 1 aromatic carbocycles. The number of morpholine rings is 1. The normalized spacial score (nSPS) is 15.2. The van der Waals surface area contributed by atoms with E-state index in [1.165, 1.54) is 4.88 Å². The highest BCUT2D eigenvalue weighted by atomic mass is 32.1. The first-order valence-corrected chi connectivity index (χ1v) is 11.5. The SMILES string of the molecule is CCc1cnc(CCNC(=NC)NCc2ccccc2OCCN2CCOCC2)s1. The van der Waals surface area contributed by atoms with Gasteiger partial charge in [0, 0.05) is 62.8 Å². The predicted octanol–water partition coefficient (Wildman–Crippen LogP) is 2.32. The molecule has 0 atom stereocenters. The number of para-hydroxylation sites is 1. The Bertz CT molecular complexity index is 789. The molecule has 1 aliphatic heterocycles. The molecule has 1 saturated heterocycles. The molecule has 1 aliphatic rings. The molecule has 1 fully saturated rings. The summed E-state index contributed by atoms with van der Waals surface area (Å²) < 4.78 is 11.5. The van der Waals surface area contributed by atoms with E-state index in [0.29, 0.717) is 13.2 Å². The Hall–Kier alpha value is -2.16. The van der Waals surface area contributed by atoms with Gasteiger partial charge in [0.1, 0.15) is 12.4 Å². The van der Waals surface area contributed by atoms with Crippen molar-refractivity contribution in [3.05, 3.63) is 45.9 Å². The Morgan fingerprint density at radius 2 is 2.10 bits per heavy atom. The fourth-order valence-corrected chi connectivity index (χ4v) is 4.08. The molecule has 2 N–H and O–H groups in total. The van der Waals surface area contributed by atoms with Gasteiger partial charge in [0.2, 0.25) is 0 Å². The molecular formula is C22H33N5O2S. The Labute approximate surface area is 183 Å². The van der Waals surface area contributed by atoms with Crippen LogP contribution in [0.1, 0.15) is 22.4 Å². The van der Waals surface area contributed by atoms with Crippen molar-refractivity contribution < 1.29 is 9.47 Å².